The molecule has 1 unspecified atom stereocenters. The summed E-state index contributed by atoms with van der Waals surface area (Å²) >= 11 is 4.73. The molecule has 0 aromatic heterocycles. The number of hydrogen-bond donors (Lipinski definition) is 1. The Balaban J connectivity index is 2.14. The van der Waals surface area contributed by atoms with Crippen molar-refractivity contribution in [3.05, 3.63) is 54.1 Å². The van der Waals surface area contributed by atoms with E-state index in [1.54, 1.807) is 0 Å². The van der Waals surface area contributed by atoms with Crippen molar-refractivity contribution in [1.29, 1.82) is 0 Å². The lowest BCUT2D eigenvalue weighted by atomic mass is 9.93. The van der Waals surface area contributed by atoms with Crippen LogP contribution in [0.15, 0.2) is 53.4 Å². The van der Waals surface area contributed by atoms with Crippen molar-refractivity contribution in [2.24, 2.45) is 0 Å². The third kappa shape index (κ3) is 3.24. The second kappa shape index (κ2) is 6.18. The molecule has 3 aromatic rings. The van der Waals surface area contributed by atoms with E-state index in [1.165, 1.54) is 21.5 Å². The van der Waals surface area contributed by atoms with E-state index >= 15 is 0 Å². The smallest absolute Gasteiger partial charge is 0.0889 e. The molecule has 0 aliphatic carbocycles. The van der Waals surface area contributed by atoms with Crippen LogP contribution >= 0.6 is 12.6 Å². The van der Waals surface area contributed by atoms with Gasteiger partial charge in [-0.1, -0.05) is 31.2 Å². The Morgan fingerprint density at radius 2 is 1.52 bits per heavy atom. The second-order valence-electron chi connectivity index (χ2n) is 6.76. The lowest BCUT2D eigenvalue weighted by Gasteiger charge is -2.31. The molecule has 0 bridgehead atoms. The van der Waals surface area contributed by atoms with Gasteiger partial charge in [-0.05, 0) is 78.6 Å². The van der Waals surface area contributed by atoms with E-state index in [0.717, 1.165) is 16.9 Å². The summed E-state index contributed by atoms with van der Waals surface area (Å²) in [4.78, 5) is 0.987. The van der Waals surface area contributed by atoms with Crippen molar-refractivity contribution < 1.29 is 4.74 Å². The summed E-state index contributed by atoms with van der Waals surface area (Å²) in [5.74, 6) is 0. The molecule has 0 radical (unpaired) electrons. The predicted octanol–water partition coefficient (Wildman–Crippen LogP) is 6.33. The van der Waals surface area contributed by atoms with Gasteiger partial charge < -0.3 is 4.74 Å². The van der Waals surface area contributed by atoms with Crippen LogP contribution in [0, 0.1) is 0 Å². The van der Waals surface area contributed by atoms with Crippen LogP contribution in [-0.2, 0) is 10.3 Å². The average molecular weight is 324 g/mol. The minimum Gasteiger partial charge on any atom is -0.368 e. The summed E-state index contributed by atoms with van der Waals surface area (Å²) in [5.41, 5.74) is 0.788. The fourth-order valence-corrected chi connectivity index (χ4v) is 3.58. The fourth-order valence-electron chi connectivity index (χ4n) is 3.11. The first kappa shape index (κ1) is 16.4. The molecule has 23 heavy (non-hydrogen) atoms. The van der Waals surface area contributed by atoms with Gasteiger partial charge in [-0.3, -0.25) is 0 Å². The van der Waals surface area contributed by atoms with Gasteiger partial charge >= 0.3 is 0 Å². The van der Waals surface area contributed by atoms with Crippen LogP contribution in [0.3, 0.4) is 0 Å². The summed E-state index contributed by atoms with van der Waals surface area (Å²) in [6.07, 6.45) is 1.23. The van der Waals surface area contributed by atoms with Gasteiger partial charge in [0.15, 0.2) is 0 Å². The quantitative estimate of drug-likeness (QED) is 0.435. The monoisotopic (exact) mass is 324 g/mol. The average Bonchev–Trinajstić information content (AvgIpc) is 2.51. The first-order chi connectivity index (χ1) is 10.9. The Labute approximate surface area is 144 Å². The first-order valence-electron chi connectivity index (χ1n) is 8.24. The van der Waals surface area contributed by atoms with Gasteiger partial charge in [0, 0.05) is 4.90 Å². The third-order valence-electron chi connectivity index (χ3n) is 4.54. The van der Waals surface area contributed by atoms with Crippen LogP contribution in [0.1, 0.15) is 39.7 Å². The zero-order valence-electron chi connectivity index (χ0n) is 14.3. The number of fused-ring (bicyclic) bond motifs is 2. The van der Waals surface area contributed by atoms with Gasteiger partial charge in [-0.15, -0.1) is 12.6 Å². The fraction of sp³-hybridized carbons (Fsp3) is 0.333. The van der Waals surface area contributed by atoms with Crippen molar-refractivity contribution in [2.75, 3.05) is 0 Å². The van der Waals surface area contributed by atoms with E-state index in [9.17, 15) is 0 Å². The zero-order valence-corrected chi connectivity index (χ0v) is 15.2. The molecule has 3 aromatic carbocycles. The lowest BCUT2D eigenvalue weighted by molar-refractivity contribution is -0.0706. The molecule has 0 amide bonds. The van der Waals surface area contributed by atoms with Crippen LogP contribution in [0.4, 0.5) is 0 Å². The molecule has 0 saturated heterocycles. The van der Waals surface area contributed by atoms with E-state index in [0.29, 0.717) is 0 Å². The van der Waals surface area contributed by atoms with Crippen LogP contribution in [0.2, 0.25) is 0 Å². The summed E-state index contributed by atoms with van der Waals surface area (Å²) in [5, 5.41) is 4.98. The number of ether oxygens (including phenoxy) is 1. The molecule has 2 heteroatoms. The van der Waals surface area contributed by atoms with Crippen LogP contribution < -0.4 is 0 Å². The maximum absolute atomic E-state index is 6.24. The molecule has 1 atom stereocenters. The van der Waals surface area contributed by atoms with Gasteiger partial charge in [0.1, 0.15) is 0 Å². The molecular formula is C21H24OS. The number of thiol groups is 1. The normalized spacial score (nSPS) is 13.6. The highest BCUT2D eigenvalue weighted by Crippen LogP contribution is 2.35. The molecule has 3 rings (SSSR count). The van der Waals surface area contributed by atoms with Crippen molar-refractivity contribution in [1.82, 2.24) is 0 Å². The first-order valence-corrected chi connectivity index (χ1v) is 8.69. The van der Waals surface area contributed by atoms with Gasteiger partial charge in [0.05, 0.1) is 11.7 Å². The Bertz CT molecular complexity index is 851. The highest BCUT2D eigenvalue weighted by atomic mass is 32.1. The van der Waals surface area contributed by atoms with Gasteiger partial charge in [0.25, 0.3) is 0 Å². The number of rotatable bonds is 4. The Kier molecular flexibility index (Phi) is 4.39. The topological polar surface area (TPSA) is 9.23 Å². The van der Waals surface area contributed by atoms with E-state index in [4.69, 9.17) is 17.4 Å². The molecule has 1 nitrogen and oxygen atoms in total. The number of hydrogen-bond acceptors (Lipinski definition) is 2. The van der Waals surface area contributed by atoms with Crippen LogP contribution in [0.25, 0.3) is 21.5 Å². The SMILES string of the molecule is CCC(C)OC(C)(C)c1cc2cc3ccccc3cc2cc1S. The molecular weight excluding hydrogens is 300 g/mol. The summed E-state index contributed by atoms with van der Waals surface area (Å²) in [6.45, 7) is 8.52. The molecule has 0 heterocycles. The van der Waals surface area contributed by atoms with Gasteiger partial charge in [-0.2, -0.15) is 0 Å². The van der Waals surface area contributed by atoms with Gasteiger partial charge in [0.2, 0.25) is 0 Å². The van der Waals surface area contributed by atoms with Crippen LogP contribution in [-0.4, -0.2) is 6.10 Å². The minimum atomic E-state index is -0.355. The standard InChI is InChI=1S/C21H24OS/c1-5-14(2)22-21(3,4)19-12-17-10-15-8-6-7-9-16(15)11-18(17)13-20(19)23/h6-14,23H,5H2,1-4H3. The summed E-state index contributed by atoms with van der Waals surface area (Å²) < 4.78 is 6.24. The lowest BCUT2D eigenvalue weighted by Crippen LogP contribution is -2.27. The molecule has 0 fully saturated rings. The van der Waals surface area contributed by atoms with Gasteiger partial charge in [-0.25, -0.2) is 0 Å². The second-order valence-corrected chi connectivity index (χ2v) is 7.24. The summed E-state index contributed by atoms with van der Waals surface area (Å²) in [6, 6.07) is 17.3. The maximum atomic E-state index is 6.24. The highest BCUT2D eigenvalue weighted by molar-refractivity contribution is 7.80. The predicted molar refractivity (Wildman–Crippen MR) is 103 cm³/mol. The van der Waals surface area contributed by atoms with Crippen molar-refractivity contribution in [3.63, 3.8) is 0 Å². The van der Waals surface area contributed by atoms with E-state index in [1.807, 2.05) is 0 Å². The van der Waals surface area contributed by atoms with Crippen molar-refractivity contribution >= 4 is 34.2 Å². The van der Waals surface area contributed by atoms with E-state index in [-0.39, 0.29) is 11.7 Å². The Hall–Kier alpha value is -1.51. The Morgan fingerprint density at radius 3 is 2.09 bits per heavy atom. The molecule has 0 spiro atoms. The highest BCUT2D eigenvalue weighted by Gasteiger charge is 2.26. The minimum absolute atomic E-state index is 0.227. The van der Waals surface area contributed by atoms with E-state index in [2.05, 4.69) is 76.2 Å². The molecule has 0 saturated carbocycles. The van der Waals surface area contributed by atoms with Crippen LogP contribution in [0.5, 0.6) is 0 Å². The molecule has 0 aliphatic rings. The van der Waals surface area contributed by atoms with E-state index < -0.39 is 0 Å². The van der Waals surface area contributed by atoms with Crippen molar-refractivity contribution in [3.8, 4) is 0 Å². The Morgan fingerprint density at radius 1 is 0.957 bits per heavy atom. The molecule has 0 aliphatic heterocycles. The maximum Gasteiger partial charge on any atom is 0.0889 e. The third-order valence-corrected chi connectivity index (χ3v) is 4.91. The summed E-state index contributed by atoms with van der Waals surface area (Å²) in [7, 11) is 0. The van der Waals surface area contributed by atoms with Crippen molar-refractivity contribution in [2.45, 2.75) is 50.7 Å². The largest absolute Gasteiger partial charge is 0.368 e. The number of benzene rings is 3. The zero-order chi connectivity index (χ0) is 16.6. The molecule has 0 N–H and O–H groups in total. The molecule has 120 valence electrons.